The second-order valence-electron chi connectivity index (χ2n) is 6.52. The van der Waals surface area contributed by atoms with E-state index in [-0.39, 0.29) is 22.2 Å². The molecule has 1 aromatic heterocycles. The number of halogens is 1. The van der Waals surface area contributed by atoms with Crippen LogP contribution in [0.3, 0.4) is 0 Å². The van der Waals surface area contributed by atoms with Crippen LogP contribution in [0.15, 0.2) is 53.4 Å². The van der Waals surface area contributed by atoms with E-state index in [1.807, 2.05) is 31.2 Å². The number of rotatable bonds is 5. The van der Waals surface area contributed by atoms with Gasteiger partial charge in [-0.2, -0.15) is 0 Å². The largest absolute Gasteiger partial charge is 0.457 e. The highest BCUT2D eigenvalue weighted by molar-refractivity contribution is 7.89. The number of ether oxygens (including phenoxy) is 1. The van der Waals surface area contributed by atoms with Crippen LogP contribution in [-0.4, -0.2) is 37.8 Å². The van der Waals surface area contributed by atoms with Crippen LogP contribution in [0.4, 0.5) is 0 Å². The lowest BCUT2D eigenvalue weighted by atomic mass is 10.1. The molecule has 0 radical (unpaired) electrons. The van der Waals surface area contributed by atoms with E-state index in [0.29, 0.717) is 5.56 Å². The molecule has 0 saturated heterocycles. The molecular formula is C20H19ClN2O4S. The van der Waals surface area contributed by atoms with E-state index < -0.39 is 16.0 Å². The maximum atomic E-state index is 12.3. The third kappa shape index (κ3) is 4.16. The van der Waals surface area contributed by atoms with Crippen molar-refractivity contribution in [3.05, 3.63) is 70.4 Å². The normalized spacial score (nSPS) is 11.8. The third-order valence-electron chi connectivity index (χ3n) is 4.23. The van der Waals surface area contributed by atoms with Gasteiger partial charge in [-0.3, -0.25) is 0 Å². The number of carbonyl (C=O) groups is 1. The van der Waals surface area contributed by atoms with Crippen molar-refractivity contribution >= 4 is 38.5 Å². The molecule has 28 heavy (non-hydrogen) atoms. The number of benzene rings is 2. The van der Waals surface area contributed by atoms with Gasteiger partial charge in [0.15, 0.2) is 0 Å². The highest BCUT2D eigenvalue weighted by Gasteiger charge is 2.18. The summed E-state index contributed by atoms with van der Waals surface area (Å²) in [7, 11) is -0.659. The van der Waals surface area contributed by atoms with E-state index in [4.69, 9.17) is 16.3 Å². The molecule has 0 aliphatic carbocycles. The molecule has 0 unspecified atom stereocenters. The van der Waals surface area contributed by atoms with E-state index in [1.54, 1.807) is 0 Å². The Labute approximate surface area is 168 Å². The van der Waals surface area contributed by atoms with Crippen molar-refractivity contribution in [2.45, 2.75) is 18.4 Å². The van der Waals surface area contributed by atoms with Crippen molar-refractivity contribution in [2.24, 2.45) is 0 Å². The summed E-state index contributed by atoms with van der Waals surface area (Å²) in [6.45, 7) is 1.94. The number of fused-ring (bicyclic) bond motifs is 1. The standard InChI is InChI=1S/C20H19ClN2O4S/c1-13-4-5-15-11-16(19(21)22-18(15)10-13)12-27-20(24)14-6-8-17(9-7-14)28(25,26)23(2)3/h4-11H,12H2,1-3H3. The van der Waals surface area contributed by atoms with Gasteiger partial charge in [-0.1, -0.05) is 23.7 Å². The molecule has 1 heterocycles. The lowest BCUT2D eigenvalue weighted by Gasteiger charge is -2.12. The summed E-state index contributed by atoms with van der Waals surface area (Å²) in [4.78, 5) is 16.7. The highest BCUT2D eigenvalue weighted by Crippen LogP contribution is 2.23. The quantitative estimate of drug-likeness (QED) is 0.465. The number of carbonyl (C=O) groups excluding carboxylic acids is 1. The Hall–Kier alpha value is -2.48. The fourth-order valence-electron chi connectivity index (χ4n) is 2.60. The minimum absolute atomic E-state index is 0.0355. The third-order valence-corrected chi connectivity index (χ3v) is 6.38. The van der Waals surface area contributed by atoms with Crippen molar-refractivity contribution in [1.82, 2.24) is 9.29 Å². The smallest absolute Gasteiger partial charge is 0.338 e. The van der Waals surface area contributed by atoms with Gasteiger partial charge in [-0.25, -0.2) is 22.5 Å². The van der Waals surface area contributed by atoms with Gasteiger partial charge < -0.3 is 4.74 Å². The Morgan fingerprint density at radius 1 is 1.11 bits per heavy atom. The molecule has 0 spiro atoms. The maximum Gasteiger partial charge on any atom is 0.338 e. The minimum Gasteiger partial charge on any atom is -0.457 e. The Morgan fingerprint density at radius 3 is 2.43 bits per heavy atom. The number of aryl methyl sites for hydroxylation is 1. The Balaban J connectivity index is 1.74. The first-order chi connectivity index (χ1) is 13.2. The van der Waals surface area contributed by atoms with E-state index in [0.717, 1.165) is 20.8 Å². The first kappa shape index (κ1) is 20.3. The van der Waals surface area contributed by atoms with E-state index in [2.05, 4.69) is 4.98 Å². The number of nitrogens with zero attached hydrogens (tertiary/aromatic N) is 2. The van der Waals surface area contributed by atoms with Gasteiger partial charge in [-0.05, 0) is 48.9 Å². The fourth-order valence-corrected chi connectivity index (χ4v) is 3.70. The molecule has 2 aromatic carbocycles. The first-order valence-corrected chi connectivity index (χ1v) is 10.3. The number of sulfonamides is 1. The molecule has 0 saturated carbocycles. The number of pyridine rings is 1. The van der Waals surface area contributed by atoms with Crippen LogP contribution in [0.25, 0.3) is 10.9 Å². The highest BCUT2D eigenvalue weighted by atomic mass is 35.5. The molecule has 0 atom stereocenters. The minimum atomic E-state index is -3.55. The Morgan fingerprint density at radius 2 is 1.79 bits per heavy atom. The van der Waals surface area contributed by atoms with Crippen molar-refractivity contribution in [2.75, 3.05) is 14.1 Å². The predicted octanol–water partition coefficient (Wildman–Crippen LogP) is 3.80. The molecule has 0 bridgehead atoms. The zero-order valence-corrected chi connectivity index (χ0v) is 17.2. The van der Waals surface area contributed by atoms with Crippen LogP contribution in [0, 0.1) is 6.92 Å². The summed E-state index contributed by atoms with van der Waals surface area (Å²) in [5.74, 6) is -0.575. The number of aromatic nitrogens is 1. The van der Waals surface area contributed by atoms with Crippen LogP contribution in [0.5, 0.6) is 0 Å². The average molecular weight is 419 g/mol. The summed E-state index contributed by atoms with van der Waals surface area (Å²) in [5.41, 5.74) is 2.70. The zero-order chi connectivity index (χ0) is 20.5. The van der Waals surface area contributed by atoms with E-state index in [1.165, 1.54) is 38.4 Å². The van der Waals surface area contributed by atoms with Crippen molar-refractivity contribution < 1.29 is 17.9 Å². The molecule has 0 N–H and O–H groups in total. The van der Waals surface area contributed by atoms with Crippen LogP contribution >= 0.6 is 11.6 Å². The first-order valence-electron chi connectivity index (χ1n) is 8.44. The summed E-state index contributed by atoms with van der Waals surface area (Å²) in [6, 6.07) is 13.3. The van der Waals surface area contributed by atoms with Gasteiger partial charge in [0.2, 0.25) is 10.0 Å². The van der Waals surface area contributed by atoms with Gasteiger partial charge in [0.1, 0.15) is 11.8 Å². The second-order valence-corrected chi connectivity index (χ2v) is 9.03. The summed E-state index contributed by atoms with van der Waals surface area (Å²) < 4.78 is 30.6. The fraction of sp³-hybridized carbons (Fsp3) is 0.200. The molecule has 146 valence electrons. The summed E-state index contributed by atoms with van der Waals surface area (Å²) in [6.07, 6.45) is 0. The molecule has 0 amide bonds. The van der Waals surface area contributed by atoms with Crippen LogP contribution in [0.2, 0.25) is 5.15 Å². The molecule has 0 aliphatic rings. The lowest BCUT2D eigenvalue weighted by molar-refractivity contribution is 0.0472. The van der Waals surface area contributed by atoms with Gasteiger partial charge in [-0.15, -0.1) is 0 Å². The Kier molecular flexibility index (Phi) is 5.69. The summed E-state index contributed by atoms with van der Waals surface area (Å²) in [5, 5.41) is 1.18. The number of esters is 1. The summed E-state index contributed by atoms with van der Waals surface area (Å²) >= 11 is 6.21. The molecule has 0 fully saturated rings. The van der Waals surface area contributed by atoms with Crippen LogP contribution in [0.1, 0.15) is 21.5 Å². The van der Waals surface area contributed by atoms with Crippen molar-refractivity contribution in [1.29, 1.82) is 0 Å². The van der Waals surface area contributed by atoms with Crippen LogP contribution in [-0.2, 0) is 21.4 Å². The van der Waals surface area contributed by atoms with E-state index in [9.17, 15) is 13.2 Å². The molecule has 3 rings (SSSR count). The second kappa shape index (κ2) is 7.87. The monoisotopic (exact) mass is 418 g/mol. The topological polar surface area (TPSA) is 76.6 Å². The maximum absolute atomic E-state index is 12.3. The average Bonchev–Trinajstić information content (AvgIpc) is 2.66. The zero-order valence-electron chi connectivity index (χ0n) is 15.6. The van der Waals surface area contributed by atoms with Crippen molar-refractivity contribution in [3.63, 3.8) is 0 Å². The molecule has 0 aliphatic heterocycles. The van der Waals surface area contributed by atoms with Gasteiger partial charge in [0, 0.05) is 25.0 Å². The predicted molar refractivity (Wildman–Crippen MR) is 108 cm³/mol. The number of hydrogen-bond acceptors (Lipinski definition) is 5. The molecule has 8 heteroatoms. The SMILES string of the molecule is Cc1ccc2cc(COC(=O)c3ccc(S(=O)(=O)N(C)C)cc3)c(Cl)nc2c1. The number of hydrogen-bond donors (Lipinski definition) is 0. The van der Waals surface area contributed by atoms with Gasteiger partial charge in [0.05, 0.1) is 16.0 Å². The Bertz CT molecular complexity index is 1140. The van der Waals surface area contributed by atoms with Gasteiger partial charge >= 0.3 is 5.97 Å². The molecule has 3 aromatic rings. The van der Waals surface area contributed by atoms with Gasteiger partial charge in [0.25, 0.3) is 0 Å². The lowest BCUT2D eigenvalue weighted by Crippen LogP contribution is -2.22. The molecular weight excluding hydrogens is 400 g/mol. The van der Waals surface area contributed by atoms with E-state index >= 15 is 0 Å². The van der Waals surface area contributed by atoms with Crippen molar-refractivity contribution in [3.8, 4) is 0 Å². The molecule has 6 nitrogen and oxygen atoms in total. The van der Waals surface area contributed by atoms with Crippen LogP contribution < -0.4 is 0 Å².